The number of aliphatic carboxylic acids is 2. The Balaban J connectivity index is 2.28. The first-order valence-electron chi connectivity index (χ1n) is 7.88. The van der Waals surface area contributed by atoms with E-state index in [9.17, 15) is 29.7 Å². The lowest BCUT2D eigenvalue weighted by molar-refractivity contribution is -0.311. The number of ether oxygens (including phenoxy) is 1. The molecule has 8 nitrogen and oxygen atoms in total. The number of carboxylic acids is 2. The Labute approximate surface area is 164 Å². The molecule has 1 aliphatic rings. The van der Waals surface area contributed by atoms with Crippen LogP contribution in [0, 0.1) is 0 Å². The molecule has 1 saturated heterocycles. The number of rotatable bonds is 8. The highest BCUT2D eigenvalue weighted by molar-refractivity contribution is 8.26. The number of phenolic OH excluding ortho intramolecular Hbond substituents is 1. The first-order chi connectivity index (χ1) is 12.7. The summed E-state index contributed by atoms with van der Waals surface area (Å²) in [5.74, 6) is -3.51. The van der Waals surface area contributed by atoms with E-state index in [1.165, 1.54) is 18.2 Å². The molecule has 1 atom stereocenters. The third kappa shape index (κ3) is 4.98. The number of aromatic hydroxyl groups is 1. The molecule has 1 aromatic rings. The summed E-state index contributed by atoms with van der Waals surface area (Å²) in [7, 11) is 0. The van der Waals surface area contributed by atoms with Crippen LogP contribution in [0.25, 0.3) is 6.08 Å². The van der Waals surface area contributed by atoms with Crippen molar-refractivity contribution in [1.29, 1.82) is 0 Å². The summed E-state index contributed by atoms with van der Waals surface area (Å²) in [5.41, 5.74) is 0.538. The molecule has 0 saturated carbocycles. The summed E-state index contributed by atoms with van der Waals surface area (Å²) in [5, 5.41) is 31.7. The van der Waals surface area contributed by atoms with Crippen molar-refractivity contribution in [3.05, 3.63) is 28.7 Å². The van der Waals surface area contributed by atoms with Gasteiger partial charge in [0.05, 0.1) is 23.5 Å². The van der Waals surface area contributed by atoms with Crippen LogP contribution in [-0.4, -0.2) is 44.8 Å². The van der Waals surface area contributed by atoms with Gasteiger partial charge in [0.2, 0.25) is 0 Å². The number of hydrogen-bond acceptors (Lipinski definition) is 9. The van der Waals surface area contributed by atoms with Crippen molar-refractivity contribution in [2.45, 2.75) is 25.8 Å². The van der Waals surface area contributed by atoms with E-state index >= 15 is 0 Å². The number of thiocarbonyl (C=S) groups is 1. The summed E-state index contributed by atoms with van der Waals surface area (Å²) in [6.45, 7) is 2.09. The SMILES string of the molecule is CCOc1cc(C=C2SC(=S)N(C(CCC(=O)[O-])C(=O)[O-])C2=O)ccc1O. The van der Waals surface area contributed by atoms with Crippen molar-refractivity contribution < 1.29 is 34.4 Å². The number of phenols is 1. The highest BCUT2D eigenvalue weighted by Crippen LogP contribution is 2.36. The Hall–Kier alpha value is -2.59. The average molecular weight is 409 g/mol. The van der Waals surface area contributed by atoms with Crippen LogP contribution in [0.4, 0.5) is 0 Å². The van der Waals surface area contributed by atoms with Crippen molar-refractivity contribution in [3.8, 4) is 11.5 Å². The number of hydrogen-bond donors (Lipinski definition) is 1. The molecule has 2 rings (SSSR count). The largest absolute Gasteiger partial charge is 0.550 e. The molecule has 1 unspecified atom stereocenters. The zero-order valence-electron chi connectivity index (χ0n) is 14.2. The fourth-order valence-corrected chi connectivity index (χ4v) is 3.76. The van der Waals surface area contributed by atoms with Crippen LogP contribution in [0.15, 0.2) is 23.1 Å². The molecule has 1 N–H and O–H groups in total. The first kappa shape index (κ1) is 20.7. The van der Waals surface area contributed by atoms with Crippen LogP contribution in [0.2, 0.25) is 0 Å². The van der Waals surface area contributed by atoms with Gasteiger partial charge in [0, 0.05) is 5.97 Å². The third-order valence-corrected chi connectivity index (χ3v) is 4.94. The van der Waals surface area contributed by atoms with E-state index in [1.807, 2.05) is 0 Å². The highest BCUT2D eigenvalue weighted by atomic mass is 32.2. The molecule has 144 valence electrons. The van der Waals surface area contributed by atoms with Gasteiger partial charge in [-0.25, -0.2) is 0 Å². The minimum Gasteiger partial charge on any atom is -0.550 e. The van der Waals surface area contributed by atoms with E-state index in [2.05, 4.69) is 0 Å². The number of nitrogens with zero attached hydrogens (tertiary/aromatic N) is 1. The van der Waals surface area contributed by atoms with Gasteiger partial charge in [-0.3, -0.25) is 9.69 Å². The smallest absolute Gasteiger partial charge is 0.266 e. The maximum absolute atomic E-state index is 12.6. The van der Waals surface area contributed by atoms with Crippen LogP contribution in [0.5, 0.6) is 11.5 Å². The average Bonchev–Trinajstić information content (AvgIpc) is 2.85. The number of benzene rings is 1. The third-order valence-electron chi connectivity index (χ3n) is 3.61. The fourth-order valence-electron chi connectivity index (χ4n) is 2.40. The normalized spacial score (nSPS) is 16.6. The van der Waals surface area contributed by atoms with E-state index in [4.69, 9.17) is 17.0 Å². The lowest BCUT2D eigenvalue weighted by Crippen LogP contribution is -2.50. The van der Waals surface area contributed by atoms with Crippen molar-refractivity contribution in [2.75, 3.05) is 6.61 Å². The molecular formula is C17H15NO7S2-2. The maximum Gasteiger partial charge on any atom is 0.266 e. The quantitative estimate of drug-likeness (QED) is 0.452. The van der Waals surface area contributed by atoms with Gasteiger partial charge in [-0.2, -0.15) is 0 Å². The number of amides is 1. The van der Waals surface area contributed by atoms with Gasteiger partial charge >= 0.3 is 0 Å². The molecule has 1 aromatic carbocycles. The molecule has 1 aliphatic heterocycles. The second-order valence-corrected chi connectivity index (χ2v) is 7.13. The van der Waals surface area contributed by atoms with Crippen LogP contribution in [-0.2, 0) is 14.4 Å². The highest BCUT2D eigenvalue weighted by Gasteiger charge is 2.37. The Morgan fingerprint density at radius 1 is 1.41 bits per heavy atom. The zero-order valence-corrected chi connectivity index (χ0v) is 15.8. The van der Waals surface area contributed by atoms with Crippen molar-refractivity contribution in [2.24, 2.45) is 0 Å². The van der Waals surface area contributed by atoms with E-state index in [0.717, 1.165) is 16.7 Å². The Morgan fingerprint density at radius 3 is 2.70 bits per heavy atom. The molecule has 1 heterocycles. The van der Waals surface area contributed by atoms with E-state index in [0.29, 0.717) is 12.2 Å². The van der Waals surface area contributed by atoms with Gasteiger partial charge in [-0.15, -0.1) is 0 Å². The molecule has 0 bridgehead atoms. The van der Waals surface area contributed by atoms with Crippen LogP contribution in [0.1, 0.15) is 25.3 Å². The molecule has 27 heavy (non-hydrogen) atoms. The fraction of sp³-hybridized carbons (Fsp3) is 0.294. The van der Waals surface area contributed by atoms with Crippen LogP contribution >= 0.6 is 24.0 Å². The summed E-state index contributed by atoms with van der Waals surface area (Å²) in [6.07, 6.45) is 0.550. The predicted octanol–water partition coefficient (Wildman–Crippen LogP) is -0.359. The van der Waals surface area contributed by atoms with Crippen molar-refractivity contribution in [1.82, 2.24) is 4.90 Å². The second-order valence-electron chi connectivity index (χ2n) is 5.46. The van der Waals surface area contributed by atoms with Gasteiger partial charge in [0.25, 0.3) is 5.91 Å². The van der Waals surface area contributed by atoms with Gasteiger partial charge in [-0.05, 0) is 43.5 Å². The number of carbonyl (C=O) groups excluding carboxylic acids is 3. The summed E-state index contributed by atoms with van der Waals surface area (Å²) in [6, 6.07) is 2.98. The monoisotopic (exact) mass is 409 g/mol. The number of carboxylic acid groups (broad SMARTS) is 2. The summed E-state index contributed by atoms with van der Waals surface area (Å²) >= 11 is 5.97. The van der Waals surface area contributed by atoms with Gasteiger partial charge in [0.1, 0.15) is 4.32 Å². The Morgan fingerprint density at radius 2 is 2.11 bits per heavy atom. The predicted molar refractivity (Wildman–Crippen MR) is 97.3 cm³/mol. The number of carbonyl (C=O) groups is 3. The molecule has 1 amide bonds. The molecule has 0 aliphatic carbocycles. The molecule has 10 heteroatoms. The van der Waals surface area contributed by atoms with E-state index in [-0.39, 0.29) is 27.1 Å². The van der Waals surface area contributed by atoms with Crippen molar-refractivity contribution in [3.63, 3.8) is 0 Å². The minimum absolute atomic E-state index is 0.0115. The van der Waals surface area contributed by atoms with E-state index < -0.39 is 30.3 Å². The molecular weight excluding hydrogens is 394 g/mol. The Bertz CT molecular complexity index is 821. The topological polar surface area (TPSA) is 130 Å². The first-order valence-corrected chi connectivity index (χ1v) is 9.10. The minimum atomic E-state index is -1.60. The lowest BCUT2D eigenvalue weighted by atomic mass is 10.1. The lowest BCUT2D eigenvalue weighted by Gasteiger charge is -2.27. The van der Waals surface area contributed by atoms with Gasteiger partial charge in [0.15, 0.2) is 11.5 Å². The zero-order chi connectivity index (χ0) is 20.1. The standard InChI is InChI=1S/C17H17NO7S2/c1-2-25-12-7-9(3-5-11(12)19)8-13-15(22)18(17(26)27-13)10(16(23)24)4-6-14(20)21/h3,5,7-8,10,19H,2,4,6H2,1H3,(H,20,21)(H,23,24)/p-2. The van der Waals surface area contributed by atoms with Gasteiger partial charge < -0.3 is 29.6 Å². The summed E-state index contributed by atoms with van der Waals surface area (Å²) in [4.78, 5) is 35.6. The van der Waals surface area contributed by atoms with E-state index in [1.54, 1.807) is 13.0 Å². The Kier molecular flexibility index (Phi) is 6.81. The second kappa shape index (κ2) is 8.87. The van der Waals surface area contributed by atoms with Gasteiger partial charge in [-0.1, -0.05) is 30.0 Å². The maximum atomic E-state index is 12.6. The molecule has 0 spiro atoms. The summed E-state index contributed by atoms with van der Waals surface area (Å²) < 4.78 is 5.27. The van der Waals surface area contributed by atoms with Crippen LogP contribution < -0.4 is 14.9 Å². The molecule has 0 aromatic heterocycles. The molecule has 0 radical (unpaired) electrons. The molecule has 1 fully saturated rings. The number of thioether (sulfide) groups is 1. The van der Waals surface area contributed by atoms with Crippen LogP contribution in [0.3, 0.4) is 0 Å². The van der Waals surface area contributed by atoms with Crippen molar-refractivity contribution >= 4 is 52.2 Å².